The van der Waals surface area contributed by atoms with Gasteiger partial charge in [-0.05, 0) is 18.2 Å². The number of anilines is 2. The van der Waals surface area contributed by atoms with Crippen LogP contribution in [0.2, 0.25) is 0 Å². The molecule has 3 aromatic rings. The lowest BCUT2D eigenvalue weighted by Crippen LogP contribution is -2.22. The lowest BCUT2D eigenvalue weighted by Gasteiger charge is -2.09. The number of rotatable bonds is 3. The molecule has 0 aliphatic heterocycles. The minimum Gasteiger partial charge on any atom is -0.422 e. The Morgan fingerprint density at radius 3 is 2.73 bits per heavy atom. The van der Waals surface area contributed by atoms with Crippen molar-refractivity contribution in [3.63, 3.8) is 0 Å². The van der Waals surface area contributed by atoms with Crippen LogP contribution in [-0.4, -0.2) is 19.8 Å². The Morgan fingerprint density at radius 1 is 1.18 bits per heavy atom. The molecule has 2 N–H and O–H groups in total. The predicted octanol–water partition coefficient (Wildman–Crippen LogP) is 2.29. The zero-order valence-electron chi connectivity index (χ0n) is 11.1. The van der Waals surface area contributed by atoms with E-state index in [2.05, 4.69) is 10.3 Å². The lowest BCUT2D eigenvalue weighted by atomic mass is 10.2. The fourth-order valence-electron chi connectivity index (χ4n) is 2.03. The van der Waals surface area contributed by atoms with Gasteiger partial charge in [0.05, 0.1) is 15.8 Å². The number of aromatic nitrogens is 2. The SMILES string of the molecule is O=c1c2ccccc2nc(Nc2cccc([N+](=O)[O-])c2)n1O. The molecule has 0 saturated carbocycles. The second-order valence-corrected chi connectivity index (χ2v) is 4.50. The van der Waals surface area contributed by atoms with Gasteiger partial charge in [0.25, 0.3) is 11.2 Å². The van der Waals surface area contributed by atoms with Gasteiger partial charge in [0.1, 0.15) is 0 Å². The molecule has 1 heterocycles. The van der Waals surface area contributed by atoms with E-state index in [9.17, 15) is 20.1 Å². The maximum absolute atomic E-state index is 12.0. The Labute approximate surface area is 123 Å². The van der Waals surface area contributed by atoms with Crippen molar-refractivity contribution >= 4 is 28.2 Å². The zero-order chi connectivity index (χ0) is 15.7. The number of benzene rings is 2. The minimum absolute atomic E-state index is 0.113. The van der Waals surface area contributed by atoms with Crippen LogP contribution in [0.3, 0.4) is 0 Å². The molecule has 0 aliphatic carbocycles. The van der Waals surface area contributed by atoms with Gasteiger partial charge in [0, 0.05) is 17.8 Å². The maximum atomic E-state index is 12.0. The van der Waals surface area contributed by atoms with Gasteiger partial charge < -0.3 is 10.5 Å². The van der Waals surface area contributed by atoms with Crippen molar-refractivity contribution in [3.05, 3.63) is 69.0 Å². The highest BCUT2D eigenvalue weighted by Crippen LogP contribution is 2.20. The normalized spacial score (nSPS) is 10.5. The summed E-state index contributed by atoms with van der Waals surface area (Å²) < 4.78 is 0.376. The fourth-order valence-corrected chi connectivity index (χ4v) is 2.03. The molecule has 8 heteroatoms. The number of nitrogens with zero attached hydrogens (tertiary/aromatic N) is 3. The highest BCUT2D eigenvalue weighted by atomic mass is 16.6. The molecule has 0 radical (unpaired) electrons. The Kier molecular flexibility index (Phi) is 3.18. The van der Waals surface area contributed by atoms with E-state index < -0.39 is 10.5 Å². The smallest absolute Gasteiger partial charge is 0.295 e. The number of fused-ring (bicyclic) bond motifs is 1. The molecular formula is C14H10N4O4. The van der Waals surface area contributed by atoms with E-state index in [0.29, 0.717) is 15.9 Å². The maximum Gasteiger partial charge on any atom is 0.295 e. The van der Waals surface area contributed by atoms with Gasteiger partial charge in [-0.2, -0.15) is 0 Å². The summed E-state index contributed by atoms with van der Waals surface area (Å²) in [6.45, 7) is 0. The summed E-state index contributed by atoms with van der Waals surface area (Å²) in [4.78, 5) is 26.4. The third-order valence-electron chi connectivity index (χ3n) is 3.07. The molecule has 3 rings (SSSR count). The molecule has 110 valence electrons. The summed E-state index contributed by atoms with van der Waals surface area (Å²) in [5.41, 5.74) is 0.000990. The van der Waals surface area contributed by atoms with Crippen molar-refractivity contribution in [2.24, 2.45) is 0 Å². The standard InChI is InChI=1S/C14H10N4O4/c19-13-11-6-1-2-7-12(11)16-14(17(13)20)15-9-4-3-5-10(8-9)18(21)22/h1-8,20H,(H,15,16). The average molecular weight is 298 g/mol. The molecule has 0 aliphatic rings. The molecule has 0 bridgehead atoms. The summed E-state index contributed by atoms with van der Waals surface area (Å²) in [7, 11) is 0. The molecular weight excluding hydrogens is 288 g/mol. The van der Waals surface area contributed by atoms with Crippen LogP contribution < -0.4 is 10.9 Å². The fraction of sp³-hybridized carbons (Fsp3) is 0. The molecule has 0 fully saturated rings. The van der Waals surface area contributed by atoms with E-state index in [4.69, 9.17) is 0 Å². The number of para-hydroxylation sites is 1. The van der Waals surface area contributed by atoms with Crippen molar-refractivity contribution in [2.75, 3.05) is 5.32 Å². The Morgan fingerprint density at radius 2 is 1.95 bits per heavy atom. The molecule has 0 spiro atoms. The van der Waals surface area contributed by atoms with Crippen molar-refractivity contribution < 1.29 is 10.1 Å². The van der Waals surface area contributed by atoms with Crippen LogP contribution in [0.1, 0.15) is 0 Å². The number of hydrogen-bond acceptors (Lipinski definition) is 6. The first-order valence-corrected chi connectivity index (χ1v) is 6.29. The summed E-state index contributed by atoms with van der Waals surface area (Å²) in [6, 6.07) is 12.2. The zero-order valence-corrected chi connectivity index (χ0v) is 11.1. The second kappa shape index (κ2) is 5.17. The predicted molar refractivity (Wildman–Crippen MR) is 79.6 cm³/mol. The quantitative estimate of drug-likeness (QED) is 0.436. The second-order valence-electron chi connectivity index (χ2n) is 4.50. The third-order valence-corrected chi connectivity index (χ3v) is 3.07. The number of nitro groups is 1. The third kappa shape index (κ3) is 2.33. The number of hydrogen-bond donors (Lipinski definition) is 2. The molecule has 0 saturated heterocycles. The van der Waals surface area contributed by atoms with Gasteiger partial charge in [-0.1, -0.05) is 18.2 Å². The first-order chi connectivity index (χ1) is 10.6. The van der Waals surface area contributed by atoms with Gasteiger partial charge in [-0.3, -0.25) is 14.9 Å². The summed E-state index contributed by atoms with van der Waals surface area (Å²) in [5.74, 6) is -0.121. The molecule has 2 aromatic carbocycles. The van der Waals surface area contributed by atoms with Gasteiger partial charge >= 0.3 is 0 Å². The van der Waals surface area contributed by atoms with Gasteiger partial charge in [0.15, 0.2) is 0 Å². The Bertz CT molecular complexity index is 936. The van der Waals surface area contributed by atoms with Crippen LogP contribution in [0.25, 0.3) is 10.9 Å². The summed E-state index contributed by atoms with van der Waals surface area (Å²) >= 11 is 0. The van der Waals surface area contributed by atoms with Gasteiger partial charge in [-0.15, -0.1) is 4.73 Å². The van der Waals surface area contributed by atoms with E-state index in [-0.39, 0.29) is 17.0 Å². The van der Waals surface area contributed by atoms with Crippen LogP contribution in [0, 0.1) is 10.1 Å². The van der Waals surface area contributed by atoms with Crippen molar-refractivity contribution in [3.8, 4) is 0 Å². The van der Waals surface area contributed by atoms with Crippen molar-refractivity contribution in [1.82, 2.24) is 9.71 Å². The van der Waals surface area contributed by atoms with Crippen LogP contribution in [0.4, 0.5) is 17.3 Å². The van der Waals surface area contributed by atoms with E-state index in [0.717, 1.165) is 0 Å². The van der Waals surface area contributed by atoms with Crippen molar-refractivity contribution in [2.45, 2.75) is 0 Å². The molecule has 0 amide bonds. The van der Waals surface area contributed by atoms with Crippen LogP contribution in [0.5, 0.6) is 0 Å². The van der Waals surface area contributed by atoms with E-state index in [1.807, 2.05) is 0 Å². The van der Waals surface area contributed by atoms with E-state index in [1.165, 1.54) is 18.2 Å². The number of nitro benzene ring substituents is 1. The van der Waals surface area contributed by atoms with Crippen LogP contribution in [0.15, 0.2) is 53.3 Å². The lowest BCUT2D eigenvalue weighted by molar-refractivity contribution is -0.384. The van der Waals surface area contributed by atoms with Crippen LogP contribution in [-0.2, 0) is 0 Å². The van der Waals surface area contributed by atoms with Crippen LogP contribution >= 0.6 is 0 Å². The van der Waals surface area contributed by atoms with Gasteiger partial charge in [0.2, 0.25) is 5.95 Å². The summed E-state index contributed by atoms with van der Waals surface area (Å²) in [5, 5.41) is 23.6. The molecule has 8 nitrogen and oxygen atoms in total. The van der Waals surface area contributed by atoms with E-state index in [1.54, 1.807) is 30.3 Å². The molecule has 1 aromatic heterocycles. The molecule has 0 unspecified atom stereocenters. The molecule has 22 heavy (non-hydrogen) atoms. The molecule has 0 atom stereocenters. The topological polar surface area (TPSA) is 110 Å². The number of non-ortho nitro benzene ring substituents is 1. The largest absolute Gasteiger partial charge is 0.422 e. The number of nitrogens with one attached hydrogen (secondary N) is 1. The Hall–Kier alpha value is -3.42. The first-order valence-electron chi connectivity index (χ1n) is 6.29. The van der Waals surface area contributed by atoms with Crippen molar-refractivity contribution in [1.29, 1.82) is 0 Å². The summed E-state index contributed by atoms with van der Waals surface area (Å²) in [6.07, 6.45) is 0. The minimum atomic E-state index is -0.626. The average Bonchev–Trinajstić information content (AvgIpc) is 2.52. The van der Waals surface area contributed by atoms with Gasteiger partial charge in [-0.25, -0.2) is 4.98 Å². The Balaban J connectivity index is 2.08. The highest BCUT2D eigenvalue weighted by Gasteiger charge is 2.11. The highest BCUT2D eigenvalue weighted by molar-refractivity contribution is 5.79. The monoisotopic (exact) mass is 298 g/mol. The van der Waals surface area contributed by atoms with E-state index >= 15 is 0 Å². The first kappa shape index (κ1) is 13.6.